The Hall–Kier alpha value is -2.33. The summed E-state index contributed by atoms with van der Waals surface area (Å²) in [5.74, 6) is 0.843. The maximum absolute atomic E-state index is 4.71. The highest BCUT2D eigenvalue weighted by Crippen LogP contribution is 2.36. The highest BCUT2D eigenvalue weighted by atomic mass is 15.3. The van der Waals surface area contributed by atoms with Crippen molar-refractivity contribution >= 4 is 16.6 Å². The van der Waals surface area contributed by atoms with Crippen LogP contribution in [0.1, 0.15) is 0 Å². The van der Waals surface area contributed by atoms with Gasteiger partial charge in [-0.15, -0.1) is 0 Å². The van der Waals surface area contributed by atoms with Crippen LogP contribution in [0.25, 0.3) is 22.2 Å². The van der Waals surface area contributed by atoms with Gasteiger partial charge >= 0.3 is 0 Å². The summed E-state index contributed by atoms with van der Waals surface area (Å²) in [6.07, 6.45) is 4.01. The second-order valence-electron chi connectivity index (χ2n) is 6.88. The normalized spacial score (nSPS) is 24.0. The maximum atomic E-state index is 4.71. The van der Waals surface area contributed by atoms with Gasteiger partial charge in [-0.2, -0.15) is 0 Å². The Bertz CT molecular complexity index is 851. The Kier molecular flexibility index (Phi) is 2.76. The number of H-pyrrole nitrogens is 1. The van der Waals surface area contributed by atoms with E-state index in [2.05, 4.69) is 58.2 Å². The molecule has 1 N–H and O–H groups in total. The second kappa shape index (κ2) is 4.83. The number of benzene rings is 1. The van der Waals surface area contributed by atoms with Gasteiger partial charge in [0.05, 0.1) is 17.6 Å². The summed E-state index contributed by atoms with van der Waals surface area (Å²) in [5.41, 5.74) is 4.64. The monoisotopic (exact) mass is 304 g/mol. The van der Waals surface area contributed by atoms with Crippen LogP contribution < -0.4 is 4.90 Å². The van der Waals surface area contributed by atoms with Crippen LogP contribution in [0.3, 0.4) is 0 Å². The molecule has 4 nitrogen and oxygen atoms in total. The third-order valence-electron chi connectivity index (χ3n) is 5.35. The van der Waals surface area contributed by atoms with Crippen molar-refractivity contribution in [2.75, 3.05) is 31.6 Å². The molecule has 2 saturated heterocycles. The first kappa shape index (κ1) is 13.1. The molecule has 2 aromatic heterocycles. The molecule has 4 heteroatoms. The van der Waals surface area contributed by atoms with Crippen LogP contribution >= 0.6 is 0 Å². The van der Waals surface area contributed by atoms with Crippen molar-refractivity contribution in [3.8, 4) is 11.3 Å². The molecule has 0 bridgehead atoms. The average Bonchev–Trinajstić information content (AvgIpc) is 3.14. The molecule has 3 aromatic rings. The zero-order valence-electron chi connectivity index (χ0n) is 13.2. The van der Waals surface area contributed by atoms with E-state index in [0.29, 0.717) is 6.04 Å². The Balaban J connectivity index is 1.41. The van der Waals surface area contributed by atoms with Crippen molar-refractivity contribution in [2.24, 2.45) is 5.92 Å². The first-order valence-corrected chi connectivity index (χ1v) is 8.27. The molecule has 2 fully saturated rings. The molecule has 2 atom stereocenters. The molecule has 0 saturated carbocycles. The van der Waals surface area contributed by atoms with Gasteiger partial charge in [-0.05, 0) is 37.4 Å². The van der Waals surface area contributed by atoms with Crippen molar-refractivity contribution < 1.29 is 0 Å². The lowest BCUT2D eigenvalue weighted by Crippen LogP contribution is -2.55. The summed E-state index contributed by atoms with van der Waals surface area (Å²) in [6, 6.07) is 13.6. The number of hydrogen-bond donors (Lipinski definition) is 1. The number of likely N-dealkylation sites (N-methyl/N-ethyl adjacent to an activating group) is 1. The van der Waals surface area contributed by atoms with Crippen LogP contribution in [0, 0.1) is 5.92 Å². The molecule has 116 valence electrons. The largest absolute Gasteiger partial charge is 0.365 e. The summed E-state index contributed by atoms with van der Waals surface area (Å²) >= 11 is 0. The number of fused-ring (bicyclic) bond motifs is 2. The van der Waals surface area contributed by atoms with Crippen molar-refractivity contribution in [1.29, 1.82) is 0 Å². The van der Waals surface area contributed by atoms with Crippen molar-refractivity contribution in [3.05, 3.63) is 48.8 Å². The number of aromatic amines is 1. The third kappa shape index (κ3) is 2.05. The minimum Gasteiger partial charge on any atom is -0.365 e. The molecule has 2 aliphatic heterocycles. The van der Waals surface area contributed by atoms with Gasteiger partial charge in [-0.1, -0.05) is 6.07 Å². The van der Waals surface area contributed by atoms with Crippen LogP contribution in [0.4, 0.5) is 5.69 Å². The Morgan fingerprint density at radius 3 is 2.87 bits per heavy atom. The molecule has 2 aliphatic rings. The maximum Gasteiger partial charge on any atom is 0.0703 e. The van der Waals surface area contributed by atoms with E-state index < -0.39 is 0 Å². The van der Waals surface area contributed by atoms with E-state index >= 15 is 0 Å². The van der Waals surface area contributed by atoms with Crippen molar-refractivity contribution in [3.63, 3.8) is 0 Å². The van der Waals surface area contributed by atoms with Gasteiger partial charge in [0.2, 0.25) is 0 Å². The molecule has 5 rings (SSSR count). The van der Waals surface area contributed by atoms with E-state index in [4.69, 9.17) is 4.98 Å². The zero-order valence-corrected chi connectivity index (χ0v) is 13.2. The minimum absolute atomic E-state index is 0.684. The third-order valence-corrected chi connectivity index (χ3v) is 5.35. The van der Waals surface area contributed by atoms with E-state index in [9.17, 15) is 0 Å². The Morgan fingerprint density at radius 2 is 2.04 bits per heavy atom. The van der Waals surface area contributed by atoms with Gasteiger partial charge in [-0.3, -0.25) is 4.98 Å². The van der Waals surface area contributed by atoms with Crippen LogP contribution in [-0.2, 0) is 0 Å². The summed E-state index contributed by atoms with van der Waals surface area (Å²) < 4.78 is 0. The number of pyridine rings is 1. The fourth-order valence-corrected chi connectivity index (χ4v) is 4.08. The van der Waals surface area contributed by atoms with Gasteiger partial charge in [0.15, 0.2) is 0 Å². The number of aromatic nitrogens is 2. The van der Waals surface area contributed by atoms with Gasteiger partial charge in [-0.25, -0.2) is 0 Å². The van der Waals surface area contributed by atoms with Gasteiger partial charge in [0.1, 0.15) is 0 Å². The van der Waals surface area contributed by atoms with Crippen LogP contribution in [0.15, 0.2) is 48.8 Å². The standard InChI is InChI=1S/C19H20N4/c1-22-10-15-11-23(19(15)12-22)16-3-5-18(21-9-16)13-2-4-17-14(8-13)6-7-20-17/h2-9,15,19-20H,10-12H2,1H3/t15-,19-/m1/s1. The molecule has 0 aliphatic carbocycles. The quantitative estimate of drug-likeness (QED) is 0.790. The Labute approximate surface area is 135 Å². The fourth-order valence-electron chi connectivity index (χ4n) is 4.08. The molecule has 0 amide bonds. The Morgan fingerprint density at radius 1 is 1.09 bits per heavy atom. The van der Waals surface area contributed by atoms with E-state index in [-0.39, 0.29) is 0 Å². The lowest BCUT2D eigenvalue weighted by atomic mass is 9.91. The predicted molar refractivity (Wildman–Crippen MR) is 93.7 cm³/mol. The van der Waals surface area contributed by atoms with E-state index in [1.54, 1.807) is 0 Å². The lowest BCUT2D eigenvalue weighted by molar-refractivity contribution is 0.361. The summed E-state index contributed by atoms with van der Waals surface area (Å²) in [7, 11) is 2.22. The topological polar surface area (TPSA) is 35.2 Å². The molecular weight excluding hydrogens is 284 g/mol. The molecule has 0 spiro atoms. The van der Waals surface area contributed by atoms with Crippen molar-refractivity contribution in [1.82, 2.24) is 14.9 Å². The number of likely N-dealkylation sites (tertiary alicyclic amines) is 1. The molecule has 1 aromatic carbocycles. The molecule has 23 heavy (non-hydrogen) atoms. The van der Waals surface area contributed by atoms with Crippen LogP contribution in [0.2, 0.25) is 0 Å². The SMILES string of the molecule is CN1C[C@@H]2CN(c3ccc(-c4ccc5[nH]ccc5c4)nc3)[C@@H]2C1. The van der Waals surface area contributed by atoms with Crippen molar-refractivity contribution in [2.45, 2.75) is 6.04 Å². The molecule has 0 radical (unpaired) electrons. The van der Waals surface area contributed by atoms with Gasteiger partial charge in [0, 0.05) is 54.3 Å². The van der Waals surface area contributed by atoms with Crippen LogP contribution in [0.5, 0.6) is 0 Å². The number of hydrogen-bond acceptors (Lipinski definition) is 3. The predicted octanol–water partition coefficient (Wildman–Crippen LogP) is 2.98. The number of nitrogens with one attached hydrogen (secondary N) is 1. The summed E-state index contributed by atoms with van der Waals surface area (Å²) in [6.45, 7) is 3.59. The molecular formula is C19H20N4. The summed E-state index contributed by atoms with van der Waals surface area (Å²) in [4.78, 5) is 12.9. The average molecular weight is 304 g/mol. The van der Waals surface area contributed by atoms with Gasteiger partial charge < -0.3 is 14.8 Å². The number of nitrogens with zero attached hydrogens (tertiary/aromatic N) is 3. The first-order chi connectivity index (χ1) is 11.3. The summed E-state index contributed by atoms with van der Waals surface area (Å²) in [5, 5.41) is 1.23. The van der Waals surface area contributed by atoms with E-state index in [0.717, 1.165) is 11.6 Å². The van der Waals surface area contributed by atoms with Crippen LogP contribution in [-0.4, -0.2) is 47.6 Å². The highest BCUT2D eigenvalue weighted by molar-refractivity contribution is 5.84. The van der Waals surface area contributed by atoms with E-state index in [1.165, 1.54) is 41.8 Å². The first-order valence-electron chi connectivity index (χ1n) is 8.27. The van der Waals surface area contributed by atoms with Gasteiger partial charge in [0.25, 0.3) is 0 Å². The fraction of sp³-hybridized carbons (Fsp3) is 0.316. The highest BCUT2D eigenvalue weighted by Gasteiger charge is 2.44. The zero-order chi connectivity index (χ0) is 15.4. The van der Waals surface area contributed by atoms with E-state index in [1.807, 2.05) is 12.4 Å². The second-order valence-corrected chi connectivity index (χ2v) is 6.88. The molecule has 4 heterocycles. The number of rotatable bonds is 2. The minimum atomic E-state index is 0.684. The molecule has 0 unspecified atom stereocenters. The lowest BCUT2D eigenvalue weighted by Gasteiger charge is -2.45. The number of anilines is 1. The smallest absolute Gasteiger partial charge is 0.0703 e.